The minimum Gasteiger partial charge on any atom is -0.454 e. The van der Waals surface area contributed by atoms with Crippen LogP contribution in [0, 0.1) is 17.8 Å². The predicted molar refractivity (Wildman–Crippen MR) is 301 cm³/mol. The summed E-state index contributed by atoms with van der Waals surface area (Å²) in [6.07, 6.45) is 10.8. The molecule has 0 saturated heterocycles. The Morgan fingerprint density at radius 1 is 0.507 bits per heavy atom. The van der Waals surface area contributed by atoms with Crippen LogP contribution in [-0.4, -0.2) is 5.25 Å². The van der Waals surface area contributed by atoms with Crippen molar-refractivity contribution in [2.24, 2.45) is 17.8 Å². The molecule has 4 aliphatic rings. The van der Waals surface area contributed by atoms with Crippen LogP contribution in [0.5, 0.6) is 0 Å². The normalized spacial score (nSPS) is 20.8. The summed E-state index contributed by atoms with van der Waals surface area (Å²) in [6, 6.07) is 55.8. The first-order valence-electron chi connectivity index (χ1n) is 25.6. The summed E-state index contributed by atoms with van der Waals surface area (Å²) in [5.74, 6) is 1.44. The third kappa shape index (κ3) is 7.09. The number of para-hydroxylation sites is 4. The van der Waals surface area contributed by atoms with Gasteiger partial charge in [0.1, 0.15) is 11.2 Å². The van der Waals surface area contributed by atoms with E-state index in [2.05, 4.69) is 253 Å². The molecule has 3 heterocycles. The van der Waals surface area contributed by atoms with Crippen molar-refractivity contribution in [1.29, 1.82) is 0 Å². The summed E-state index contributed by atoms with van der Waals surface area (Å²) in [6.45, 7) is 18.6. The van der Waals surface area contributed by atoms with Crippen LogP contribution in [0.15, 0.2) is 202 Å². The number of thioether (sulfide) groups is 1. The standard InChI is InChI=1S/C66H60N2O2S/c1-39-23-24-40(2)60-59(39)53-37-45(67(43-29-25-41(26-30-43)65(3,4)5)54-19-13-17-49-47-15-9-11-21-56(47)69-62(49)54)33-35-51(53)64-61(60)52-36-34-46(38-58(52)71-64)68(44-31-27-42(28-32-44)66(6,7)8)55-20-14-18-50-48-16-10-12-22-57(48)70-63(50)55/h9-37,39-40,58-60H,38H2,1-8H3. The average Bonchev–Trinajstić information content (AvgIpc) is 4.07. The number of nitrogens with zero attached hydrogens (tertiary/aromatic N) is 2. The summed E-state index contributed by atoms with van der Waals surface area (Å²) in [7, 11) is 0. The van der Waals surface area contributed by atoms with Gasteiger partial charge >= 0.3 is 0 Å². The Kier molecular flexibility index (Phi) is 10.1. The highest BCUT2D eigenvalue weighted by Crippen LogP contribution is 2.63. The van der Waals surface area contributed by atoms with E-state index in [0.29, 0.717) is 23.7 Å². The van der Waals surface area contributed by atoms with Crippen LogP contribution in [0.3, 0.4) is 0 Å². The van der Waals surface area contributed by atoms with Crippen molar-refractivity contribution in [2.45, 2.75) is 83.8 Å². The van der Waals surface area contributed by atoms with Gasteiger partial charge in [-0.05, 0) is 135 Å². The van der Waals surface area contributed by atoms with Crippen LogP contribution in [-0.2, 0) is 10.8 Å². The molecule has 0 fully saturated rings. The lowest BCUT2D eigenvalue weighted by atomic mass is 9.60. The fourth-order valence-corrected chi connectivity index (χ4v) is 13.9. The molecule has 2 aromatic heterocycles. The Hall–Kier alpha value is -6.95. The average molecular weight is 945 g/mol. The molecule has 352 valence electrons. The van der Waals surface area contributed by atoms with Crippen LogP contribution >= 0.6 is 11.8 Å². The second-order valence-electron chi connectivity index (χ2n) is 22.5. The molecule has 5 unspecified atom stereocenters. The fraction of sp³-hybridized carbons (Fsp3) is 0.242. The summed E-state index contributed by atoms with van der Waals surface area (Å²) < 4.78 is 13.5. The monoisotopic (exact) mass is 944 g/mol. The first-order chi connectivity index (χ1) is 34.3. The van der Waals surface area contributed by atoms with E-state index >= 15 is 0 Å². The predicted octanol–water partition coefficient (Wildman–Crippen LogP) is 19.0. The maximum absolute atomic E-state index is 6.78. The third-order valence-electron chi connectivity index (χ3n) is 16.0. The first-order valence-corrected chi connectivity index (χ1v) is 26.4. The molecule has 0 amide bonds. The molecule has 5 atom stereocenters. The molecule has 7 aromatic carbocycles. The topological polar surface area (TPSA) is 32.8 Å². The highest BCUT2D eigenvalue weighted by atomic mass is 32.2. The summed E-state index contributed by atoms with van der Waals surface area (Å²) in [4.78, 5) is 6.37. The number of fused-ring (bicyclic) bond motifs is 13. The van der Waals surface area contributed by atoms with Crippen molar-refractivity contribution < 1.29 is 8.83 Å². The van der Waals surface area contributed by atoms with E-state index in [0.717, 1.165) is 78.7 Å². The smallest absolute Gasteiger partial charge is 0.159 e. The SMILES string of the molecule is CC1C=CC(C)C2c3cc(N(c4ccc(C(C)(C)C)cc4)c4cccc5c4oc4ccccc45)ccc3C3=C(C4=CC=C(N(c5ccc(C(C)(C)C)cc5)c5cccc6c5oc5ccccc56)CC4S3)C12. The highest BCUT2D eigenvalue weighted by Gasteiger charge is 2.48. The fourth-order valence-electron chi connectivity index (χ4n) is 12.3. The number of furan rings is 2. The van der Waals surface area contributed by atoms with E-state index in [9.17, 15) is 0 Å². The number of hydrogen-bond donors (Lipinski definition) is 0. The van der Waals surface area contributed by atoms with Gasteiger partial charge in [0, 0.05) is 60.9 Å². The van der Waals surface area contributed by atoms with Crippen LogP contribution < -0.4 is 9.80 Å². The first kappa shape index (κ1) is 44.0. The zero-order valence-corrected chi connectivity index (χ0v) is 42.8. The Labute approximate surface area is 422 Å². The van der Waals surface area contributed by atoms with Crippen LogP contribution in [0.1, 0.15) is 90.0 Å². The second kappa shape index (κ2) is 16.3. The Balaban J connectivity index is 0.948. The second-order valence-corrected chi connectivity index (χ2v) is 23.7. The molecule has 71 heavy (non-hydrogen) atoms. The van der Waals surface area contributed by atoms with Crippen molar-refractivity contribution in [3.63, 3.8) is 0 Å². The van der Waals surface area contributed by atoms with Crippen LogP contribution in [0.4, 0.5) is 28.4 Å². The summed E-state index contributed by atoms with van der Waals surface area (Å²) in [5, 5.41) is 4.82. The molecule has 0 spiro atoms. The summed E-state index contributed by atoms with van der Waals surface area (Å²) >= 11 is 2.09. The van der Waals surface area contributed by atoms with Crippen molar-refractivity contribution in [2.75, 3.05) is 9.80 Å². The quantitative estimate of drug-likeness (QED) is 0.155. The van der Waals surface area contributed by atoms with E-state index in [1.54, 1.807) is 5.57 Å². The lowest BCUT2D eigenvalue weighted by Crippen LogP contribution is -2.33. The molecule has 0 radical (unpaired) electrons. The van der Waals surface area contributed by atoms with E-state index in [1.165, 1.54) is 38.4 Å². The van der Waals surface area contributed by atoms with Crippen molar-refractivity contribution in [3.8, 4) is 0 Å². The highest BCUT2D eigenvalue weighted by molar-refractivity contribution is 8.09. The van der Waals surface area contributed by atoms with Gasteiger partial charge in [0.15, 0.2) is 11.2 Å². The van der Waals surface area contributed by atoms with Gasteiger partial charge in [0.2, 0.25) is 0 Å². The Bertz CT molecular complexity index is 3730. The van der Waals surface area contributed by atoms with Gasteiger partial charge in [-0.1, -0.05) is 165 Å². The lowest BCUT2D eigenvalue weighted by Gasteiger charge is -2.43. The maximum Gasteiger partial charge on any atom is 0.159 e. The van der Waals surface area contributed by atoms with E-state index in [4.69, 9.17) is 8.83 Å². The molecule has 5 heteroatoms. The van der Waals surface area contributed by atoms with Crippen molar-refractivity contribution in [3.05, 3.63) is 215 Å². The minimum atomic E-state index is 0.0378. The van der Waals surface area contributed by atoms with Gasteiger partial charge in [-0.25, -0.2) is 0 Å². The number of hydrogen-bond acceptors (Lipinski definition) is 5. The Morgan fingerprint density at radius 2 is 1.01 bits per heavy atom. The number of rotatable bonds is 6. The molecular weight excluding hydrogens is 885 g/mol. The van der Waals surface area contributed by atoms with E-state index in [1.807, 2.05) is 0 Å². The Morgan fingerprint density at radius 3 is 1.59 bits per heavy atom. The van der Waals surface area contributed by atoms with Gasteiger partial charge in [0.25, 0.3) is 0 Å². The molecule has 0 saturated carbocycles. The van der Waals surface area contributed by atoms with E-state index in [-0.39, 0.29) is 16.1 Å². The van der Waals surface area contributed by atoms with Gasteiger partial charge in [-0.15, -0.1) is 11.8 Å². The van der Waals surface area contributed by atoms with Gasteiger partial charge in [-0.2, -0.15) is 0 Å². The minimum absolute atomic E-state index is 0.0378. The molecule has 0 N–H and O–H groups in total. The van der Waals surface area contributed by atoms with Crippen molar-refractivity contribution in [1.82, 2.24) is 0 Å². The zero-order valence-electron chi connectivity index (χ0n) is 42.0. The van der Waals surface area contributed by atoms with Gasteiger partial charge < -0.3 is 18.6 Å². The third-order valence-corrected chi connectivity index (χ3v) is 17.4. The van der Waals surface area contributed by atoms with Gasteiger partial charge in [0.05, 0.1) is 11.4 Å². The van der Waals surface area contributed by atoms with E-state index < -0.39 is 0 Å². The number of anilines is 5. The van der Waals surface area contributed by atoms with Crippen LogP contribution in [0.2, 0.25) is 0 Å². The molecule has 4 nitrogen and oxygen atoms in total. The molecule has 9 aromatic rings. The van der Waals surface area contributed by atoms with Gasteiger partial charge in [-0.3, -0.25) is 0 Å². The molecule has 1 aliphatic heterocycles. The molecular formula is C66H60N2O2S. The number of benzene rings is 7. The molecule has 13 rings (SSSR count). The summed E-state index contributed by atoms with van der Waals surface area (Å²) in [5.41, 5.74) is 19.0. The molecule has 0 bridgehead atoms. The van der Waals surface area contributed by atoms with Crippen molar-refractivity contribution >= 4 is 89.0 Å². The number of allylic oxidation sites excluding steroid dienone is 6. The zero-order chi connectivity index (χ0) is 48.5. The maximum atomic E-state index is 6.78. The lowest BCUT2D eigenvalue weighted by molar-refractivity contribution is 0.324. The van der Waals surface area contributed by atoms with Crippen LogP contribution in [0.25, 0.3) is 48.8 Å². The largest absolute Gasteiger partial charge is 0.454 e. The molecule has 3 aliphatic carbocycles.